The van der Waals surface area contributed by atoms with Crippen LogP contribution in [-0.4, -0.2) is 49.7 Å². The number of nitro benzene ring substituents is 1. The van der Waals surface area contributed by atoms with E-state index in [0.717, 1.165) is 37.5 Å². The molecule has 9 nitrogen and oxygen atoms in total. The highest BCUT2D eigenvalue weighted by Gasteiger charge is 2.30. The lowest BCUT2D eigenvalue weighted by atomic mass is 10.2. The van der Waals surface area contributed by atoms with Gasteiger partial charge in [0, 0.05) is 30.9 Å². The summed E-state index contributed by atoms with van der Waals surface area (Å²) in [6.45, 7) is 1.05. The second-order valence-corrected chi connectivity index (χ2v) is 8.56. The van der Waals surface area contributed by atoms with Crippen molar-refractivity contribution in [3.05, 3.63) is 28.3 Å². The molecule has 1 N–H and O–H groups in total. The maximum absolute atomic E-state index is 13.0. The van der Waals surface area contributed by atoms with Gasteiger partial charge in [0.05, 0.1) is 23.8 Å². The minimum absolute atomic E-state index is 0.128. The van der Waals surface area contributed by atoms with Crippen LogP contribution in [0.3, 0.4) is 0 Å². The van der Waals surface area contributed by atoms with Crippen LogP contribution in [0.4, 0.5) is 11.4 Å². The van der Waals surface area contributed by atoms with Gasteiger partial charge in [0.2, 0.25) is 10.0 Å². The average molecular weight is 396 g/mol. The summed E-state index contributed by atoms with van der Waals surface area (Å²) in [5.41, 5.74) is 3.84. The second kappa shape index (κ2) is 8.77. The molecule has 0 spiro atoms. The lowest BCUT2D eigenvalue weighted by Gasteiger charge is -2.26. The number of nitrogens with one attached hydrogen (secondary N) is 1. The summed E-state index contributed by atoms with van der Waals surface area (Å²) in [5.74, 6) is 0. The molecule has 1 saturated carbocycles. The molecule has 0 aromatic heterocycles. The fourth-order valence-electron chi connectivity index (χ4n) is 3.24. The molecule has 1 aliphatic heterocycles. The molecule has 1 aliphatic carbocycles. The van der Waals surface area contributed by atoms with E-state index in [1.165, 1.54) is 29.3 Å². The molecule has 0 radical (unpaired) electrons. The van der Waals surface area contributed by atoms with E-state index in [1.807, 2.05) is 0 Å². The molecule has 27 heavy (non-hydrogen) atoms. The Balaban J connectivity index is 1.93. The van der Waals surface area contributed by atoms with Crippen LogP contribution in [-0.2, 0) is 14.8 Å². The van der Waals surface area contributed by atoms with Crippen LogP contribution in [0.1, 0.15) is 38.5 Å². The predicted octanol–water partition coefficient (Wildman–Crippen LogP) is 2.74. The highest BCUT2D eigenvalue weighted by Crippen LogP contribution is 2.30. The number of anilines is 1. The van der Waals surface area contributed by atoms with Gasteiger partial charge < -0.3 is 4.74 Å². The summed E-state index contributed by atoms with van der Waals surface area (Å²) in [7, 11) is -3.89. The molecule has 1 aromatic carbocycles. The fraction of sp³-hybridized carbons (Fsp3) is 0.588. The van der Waals surface area contributed by atoms with Crippen molar-refractivity contribution in [2.75, 3.05) is 31.7 Å². The predicted molar refractivity (Wildman–Crippen MR) is 101 cm³/mol. The average Bonchev–Trinajstić information content (AvgIpc) is 2.95. The van der Waals surface area contributed by atoms with Gasteiger partial charge >= 0.3 is 0 Å². The van der Waals surface area contributed by atoms with Crippen molar-refractivity contribution in [2.45, 2.75) is 43.4 Å². The zero-order valence-electron chi connectivity index (χ0n) is 15.1. The van der Waals surface area contributed by atoms with E-state index in [1.54, 1.807) is 0 Å². The SMILES string of the molecule is O=[N+]([O-])c1ccc(NN=C2CCCCCC2)c(S(=O)(=O)N2CCOCC2)c1. The largest absolute Gasteiger partial charge is 0.379 e. The molecular weight excluding hydrogens is 372 g/mol. The summed E-state index contributed by atoms with van der Waals surface area (Å²) < 4.78 is 32.6. The van der Waals surface area contributed by atoms with Crippen molar-refractivity contribution in [3.63, 3.8) is 0 Å². The highest BCUT2D eigenvalue weighted by molar-refractivity contribution is 7.89. The first kappa shape index (κ1) is 19.7. The number of hydrazone groups is 1. The number of hydrogen-bond donors (Lipinski definition) is 1. The zero-order valence-corrected chi connectivity index (χ0v) is 15.9. The zero-order chi connectivity index (χ0) is 19.3. The summed E-state index contributed by atoms with van der Waals surface area (Å²) in [6.07, 6.45) is 6.25. The second-order valence-electron chi connectivity index (χ2n) is 6.66. The van der Waals surface area contributed by atoms with Gasteiger partial charge in [-0.05, 0) is 31.7 Å². The molecule has 1 saturated heterocycles. The number of benzene rings is 1. The third-order valence-corrected chi connectivity index (χ3v) is 6.72. The third kappa shape index (κ3) is 4.82. The van der Waals surface area contributed by atoms with E-state index in [4.69, 9.17) is 4.74 Å². The van der Waals surface area contributed by atoms with Crippen LogP contribution >= 0.6 is 0 Å². The Morgan fingerprint density at radius 3 is 2.41 bits per heavy atom. The maximum Gasteiger partial charge on any atom is 0.270 e. The summed E-state index contributed by atoms with van der Waals surface area (Å²) in [6, 6.07) is 3.79. The van der Waals surface area contributed by atoms with Gasteiger partial charge in [-0.1, -0.05) is 12.8 Å². The maximum atomic E-state index is 13.0. The lowest BCUT2D eigenvalue weighted by molar-refractivity contribution is -0.385. The van der Waals surface area contributed by atoms with Crippen LogP contribution in [0.15, 0.2) is 28.2 Å². The normalized spacial score (nSPS) is 19.3. The monoisotopic (exact) mass is 396 g/mol. The van der Waals surface area contributed by atoms with E-state index < -0.39 is 14.9 Å². The Kier molecular flexibility index (Phi) is 6.40. The number of ether oxygens (including phenoxy) is 1. The van der Waals surface area contributed by atoms with E-state index in [0.29, 0.717) is 13.2 Å². The molecule has 0 bridgehead atoms. The summed E-state index contributed by atoms with van der Waals surface area (Å²) >= 11 is 0. The van der Waals surface area contributed by atoms with Crippen LogP contribution in [0.2, 0.25) is 0 Å². The Morgan fingerprint density at radius 1 is 1.11 bits per heavy atom. The van der Waals surface area contributed by atoms with Crippen molar-refractivity contribution >= 4 is 27.1 Å². The van der Waals surface area contributed by atoms with Crippen molar-refractivity contribution in [3.8, 4) is 0 Å². The Hall–Kier alpha value is -2.04. The van der Waals surface area contributed by atoms with E-state index in [9.17, 15) is 18.5 Å². The van der Waals surface area contributed by atoms with Crippen molar-refractivity contribution in [1.82, 2.24) is 4.31 Å². The number of rotatable bonds is 5. The van der Waals surface area contributed by atoms with E-state index >= 15 is 0 Å². The van der Waals surface area contributed by atoms with Crippen molar-refractivity contribution in [2.24, 2.45) is 5.10 Å². The quantitative estimate of drug-likeness (QED) is 0.465. The minimum atomic E-state index is -3.89. The van der Waals surface area contributed by atoms with Crippen molar-refractivity contribution < 1.29 is 18.1 Å². The van der Waals surface area contributed by atoms with Gasteiger partial charge in [-0.2, -0.15) is 9.41 Å². The van der Waals surface area contributed by atoms with Gasteiger partial charge in [-0.3, -0.25) is 15.5 Å². The van der Waals surface area contributed by atoms with Gasteiger partial charge in [-0.15, -0.1) is 0 Å². The van der Waals surface area contributed by atoms with Crippen LogP contribution < -0.4 is 5.43 Å². The van der Waals surface area contributed by atoms with E-state index in [-0.39, 0.29) is 29.4 Å². The molecule has 148 valence electrons. The van der Waals surface area contributed by atoms with Gasteiger partial charge in [0.15, 0.2) is 0 Å². The molecule has 0 atom stereocenters. The summed E-state index contributed by atoms with van der Waals surface area (Å²) in [5, 5.41) is 15.5. The van der Waals surface area contributed by atoms with Crippen LogP contribution in [0, 0.1) is 10.1 Å². The molecule has 2 aliphatic rings. The fourth-order valence-corrected chi connectivity index (χ4v) is 4.81. The molecule has 3 rings (SSSR count). The molecule has 10 heteroatoms. The van der Waals surface area contributed by atoms with Crippen LogP contribution in [0.5, 0.6) is 0 Å². The number of sulfonamides is 1. The molecule has 0 unspecified atom stereocenters. The minimum Gasteiger partial charge on any atom is -0.379 e. The lowest BCUT2D eigenvalue weighted by Crippen LogP contribution is -2.40. The number of hydrogen-bond acceptors (Lipinski definition) is 7. The van der Waals surface area contributed by atoms with Gasteiger partial charge in [0.25, 0.3) is 5.69 Å². The topological polar surface area (TPSA) is 114 Å². The van der Waals surface area contributed by atoms with Gasteiger partial charge in [0.1, 0.15) is 4.90 Å². The Labute approximate surface area is 158 Å². The van der Waals surface area contributed by atoms with Gasteiger partial charge in [-0.25, -0.2) is 8.42 Å². The molecular formula is C17H24N4O5S. The number of morpholine rings is 1. The molecule has 1 aromatic rings. The van der Waals surface area contributed by atoms with Crippen LogP contribution in [0.25, 0.3) is 0 Å². The number of nitrogens with zero attached hydrogens (tertiary/aromatic N) is 3. The Bertz CT molecular complexity index is 809. The molecule has 0 amide bonds. The first-order valence-electron chi connectivity index (χ1n) is 9.16. The molecule has 2 fully saturated rings. The number of non-ortho nitro benzene ring substituents is 1. The first-order valence-corrected chi connectivity index (χ1v) is 10.6. The van der Waals surface area contributed by atoms with Crippen molar-refractivity contribution in [1.29, 1.82) is 0 Å². The number of nitro groups is 1. The van der Waals surface area contributed by atoms with E-state index in [2.05, 4.69) is 10.5 Å². The summed E-state index contributed by atoms with van der Waals surface area (Å²) in [4.78, 5) is 10.4. The third-order valence-electron chi connectivity index (χ3n) is 4.78. The highest BCUT2D eigenvalue weighted by atomic mass is 32.2. The smallest absolute Gasteiger partial charge is 0.270 e. The first-order chi connectivity index (χ1) is 13.0. The Morgan fingerprint density at radius 2 is 1.78 bits per heavy atom. The molecule has 1 heterocycles. The standard InChI is InChI=1S/C17H24N4O5S/c22-21(23)15-7-8-16(19-18-14-5-3-1-2-4-6-14)17(13-15)27(24,25)20-9-11-26-12-10-20/h7-8,13,19H,1-6,9-12H2.